The summed E-state index contributed by atoms with van der Waals surface area (Å²) in [6.07, 6.45) is 4.91. The van der Waals surface area contributed by atoms with Gasteiger partial charge in [-0.3, -0.25) is 14.6 Å². The predicted octanol–water partition coefficient (Wildman–Crippen LogP) is 3.50. The highest BCUT2D eigenvalue weighted by atomic mass is 16.2. The molecule has 0 atom stereocenters. The number of pyridine rings is 1. The van der Waals surface area contributed by atoms with E-state index in [0.29, 0.717) is 5.69 Å². The molecule has 2 N–H and O–H groups in total. The van der Waals surface area contributed by atoms with Gasteiger partial charge in [0.25, 0.3) is 0 Å². The number of likely N-dealkylation sites (tertiary alicyclic amines) is 1. The third kappa shape index (κ3) is 3.18. The number of ketones is 1. The monoisotopic (exact) mass is 348 g/mol. The third-order valence-corrected chi connectivity index (χ3v) is 4.71. The number of benzene rings is 1. The van der Waals surface area contributed by atoms with Gasteiger partial charge in [-0.15, -0.1) is 0 Å². The number of fused-ring (bicyclic) bond motifs is 1. The van der Waals surface area contributed by atoms with Gasteiger partial charge in [-0.2, -0.15) is 0 Å². The molecule has 0 unspecified atom stereocenters. The molecule has 26 heavy (non-hydrogen) atoms. The van der Waals surface area contributed by atoms with E-state index in [2.05, 4.69) is 15.3 Å². The molecule has 0 aliphatic carbocycles. The van der Waals surface area contributed by atoms with E-state index in [1.165, 1.54) is 0 Å². The number of nitrogens with zero attached hydrogens (tertiary/aromatic N) is 2. The molecule has 2 aromatic heterocycles. The zero-order valence-corrected chi connectivity index (χ0v) is 14.4. The van der Waals surface area contributed by atoms with Crippen LogP contribution in [0.3, 0.4) is 0 Å². The number of hydrogen-bond donors (Lipinski definition) is 2. The average molecular weight is 348 g/mol. The molecule has 0 bridgehead atoms. The van der Waals surface area contributed by atoms with Crippen LogP contribution >= 0.6 is 0 Å². The third-order valence-electron chi connectivity index (χ3n) is 4.71. The van der Waals surface area contributed by atoms with Crippen molar-refractivity contribution in [3.8, 4) is 0 Å². The molecular weight excluding hydrogens is 328 g/mol. The van der Waals surface area contributed by atoms with Gasteiger partial charge in [0.1, 0.15) is 5.69 Å². The van der Waals surface area contributed by atoms with Crippen molar-refractivity contribution < 1.29 is 9.59 Å². The zero-order valence-electron chi connectivity index (χ0n) is 14.4. The van der Waals surface area contributed by atoms with Gasteiger partial charge < -0.3 is 15.2 Å². The molecule has 1 fully saturated rings. The smallest absolute Gasteiger partial charge is 0.223 e. The summed E-state index contributed by atoms with van der Waals surface area (Å²) in [5.41, 5.74) is 3.00. The van der Waals surface area contributed by atoms with Gasteiger partial charge in [0, 0.05) is 54.9 Å². The minimum Gasteiger partial charge on any atom is -0.353 e. The largest absolute Gasteiger partial charge is 0.353 e. The van der Waals surface area contributed by atoms with Crippen LogP contribution in [0, 0.1) is 0 Å². The zero-order chi connectivity index (χ0) is 17.9. The van der Waals surface area contributed by atoms with Crippen LogP contribution in [0.1, 0.15) is 29.8 Å². The van der Waals surface area contributed by atoms with Crippen LogP contribution < -0.4 is 5.32 Å². The molecule has 0 saturated carbocycles. The predicted molar refractivity (Wildman–Crippen MR) is 101 cm³/mol. The molecule has 1 aliphatic heterocycles. The summed E-state index contributed by atoms with van der Waals surface area (Å²) in [7, 11) is 0. The molecule has 1 saturated heterocycles. The van der Waals surface area contributed by atoms with Crippen LogP contribution in [-0.4, -0.2) is 39.6 Å². The minimum atomic E-state index is -0.0633. The topological polar surface area (TPSA) is 78.1 Å². The molecule has 6 heteroatoms. The second-order valence-corrected chi connectivity index (χ2v) is 6.44. The first kappa shape index (κ1) is 16.3. The van der Waals surface area contributed by atoms with Gasteiger partial charge >= 0.3 is 0 Å². The van der Waals surface area contributed by atoms with Crippen molar-refractivity contribution >= 4 is 34.0 Å². The number of carbonyl (C=O) groups is 2. The van der Waals surface area contributed by atoms with Gasteiger partial charge in [0.15, 0.2) is 5.78 Å². The summed E-state index contributed by atoms with van der Waals surface area (Å²) < 4.78 is 0. The Kier molecular flexibility index (Phi) is 4.39. The standard InChI is InChI=1S/C20H20N4O2/c25-17(6-7-18(26)24-12-3-13-24)20-19(22-14-8-10-21-11-9-14)15-4-1-2-5-16(15)23-20/h1-2,4-5,8-11,23H,3,6-7,12-13H2,(H,21,22). The molecule has 1 amide bonds. The highest BCUT2D eigenvalue weighted by molar-refractivity contribution is 6.10. The van der Waals surface area contributed by atoms with Gasteiger partial charge in [0.05, 0.1) is 5.69 Å². The number of Topliss-reactive ketones (excluding diaryl/α,β-unsaturated/α-hetero) is 1. The molecule has 132 valence electrons. The van der Waals surface area contributed by atoms with Crippen LogP contribution in [0.15, 0.2) is 48.8 Å². The van der Waals surface area contributed by atoms with E-state index in [0.717, 1.165) is 41.8 Å². The lowest BCUT2D eigenvalue weighted by Gasteiger charge is -2.30. The maximum atomic E-state index is 12.8. The van der Waals surface area contributed by atoms with Crippen LogP contribution in [-0.2, 0) is 4.79 Å². The van der Waals surface area contributed by atoms with Crippen molar-refractivity contribution in [3.05, 3.63) is 54.5 Å². The number of nitrogens with one attached hydrogen (secondary N) is 2. The van der Waals surface area contributed by atoms with E-state index in [4.69, 9.17) is 0 Å². The Bertz CT molecular complexity index is 945. The first-order chi connectivity index (χ1) is 12.7. The lowest BCUT2D eigenvalue weighted by Crippen LogP contribution is -2.42. The lowest BCUT2D eigenvalue weighted by molar-refractivity contribution is -0.134. The quantitative estimate of drug-likeness (QED) is 0.668. The van der Waals surface area contributed by atoms with E-state index < -0.39 is 0 Å². The summed E-state index contributed by atoms with van der Waals surface area (Å²) in [5.74, 6) is -0.00372. The van der Waals surface area contributed by atoms with Crippen LogP contribution in [0.2, 0.25) is 0 Å². The normalized spacial score (nSPS) is 13.5. The number of H-pyrrole nitrogens is 1. The van der Waals surface area contributed by atoms with E-state index in [1.54, 1.807) is 17.3 Å². The molecule has 0 radical (unpaired) electrons. The maximum absolute atomic E-state index is 12.8. The van der Waals surface area contributed by atoms with Crippen LogP contribution in [0.4, 0.5) is 11.4 Å². The number of carbonyl (C=O) groups excluding carboxylic acids is 2. The average Bonchev–Trinajstić information content (AvgIpc) is 2.98. The van der Waals surface area contributed by atoms with Crippen molar-refractivity contribution in [1.82, 2.24) is 14.9 Å². The summed E-state index contributed by atoms with van der Waals surface area (Å²) in [5, 5.41) is 4.27. The Morgan fingerprint density at radius 3 is 2.58 bits per heavy atom. The molecule has 4 rings (SSSR count). The van der Waals surface area contributed by atoms with Gasteiger partial charge in [-0.05, 0) is 24.6 Å². The Morgan fingerprint density at radius 1 is 1.08 bits per heavy atom. The first-order valence-corrected chi connectivity index (χ1v) is 8.81. The summed E-state index contributed by atoms with van der Waals surface area (Å²) >= 11 is 0. The molecule has 1 aromatic carbocycles. The number of amides is 1. The fourth-order valence-electron chi connectivity index (χ4n) is 3.13. The highest BCUT2D eigenvalue weighted by Crippen LogP contribution is 2.31. The number of rotatable bonds is 6. The summed E-state index contributed by atoms with van der Waals surface area (Å²) in [6, 6.07) is 11.5. The number of para-hydroxylation sites is 1. The van der Waals surface area contributed by atoms with Crippen molar-refractivity contribution in [2.75, 3.05) is 18.4 Å². The number of aromatic nitrogens is 2. The highest BCUT2D eigenvalue weighted by Gasteiger charge is 2.23. The fourth-order valence-corrected chi connectivity index (χ4v) is 3.13. The maximum Gasteiger partial charge on any atom is 0.223 e. The molecule has 3 aromatic rings. The molecule has 0 spiro atoms. The number of aromatic amines is 1. The van der Waals surface area contributed by atoms with Crippen LogP contribution in [0.5, 0.6) is 0 Å². The van der Waals surface area contributed by atoms with Crippen molar-refractivity contribution in [2.45, 2.75) is 19.3 Å². The SMILES string of the molecule is O=C(CCC(=O)N1CCC1)c1[nH]c2ccccc2c1Nc1ccncc1. The second kappa shape index (κ2) is 7.00. The Morgan fingerprint density at radius 2 is 1.85 bits per heavy atom. The first-order valence-electron chi connectivity index (χ1n) is 8.81. The Hall–Kier alpha value is -3.15. The minimum absolute atomic E-state index is 0.0596. The summed E-state index contributed by atoms with van der Waals surface area (Å²) in [6.45, 7) is 1.63. The van der Waals surface area contributed by atoms with Crippen molar-refractivity contribution in [2.24, 2.45) is 0 Å². The Labute approximate surface area is 151 Å². The molecular formula is C20H20N4O2. The van der Waals surface area contributed by atoms with E-state index >= 15 is 0 Å². The van der Waals surface area contributed by atoms with Crippen LogP contribution in [0.25, 0.3) is 10.9 Å². The lowest BCUT2D eigenvalue weighted by atomic mass is 10.1. The van der Waals surface area contributed by atoms with Gasteiger partial charge in [0.2, 0.25) is 5.91 Å². The van der Waals surface area contributed by atoms with Crippen molar-refractivity contribution in [1.29, 1.82) is 0 Å². The second-order valence-electron chi connectivity index (χ2n) is 6.44. The van der Waals surface area contributed by atoms with Gasteiger partial charge in [-0.25, -0.2) is 0 Å². The van der Waals surface area contributed by atoms with Crippen molar-refractivity contribution in [3.63, 3.8) is 0 Å². The number of hydrogen-bond acceptors (Lipinski definition) is 4. The van der Waals surface area contributed by atoms with E-state index in [9.17, 15) is 9.59 Å². The molecule has 1 aliphatic rings. The number of anilines is 2. The fraction of sp³-hybridized carbons (Fsp3) is 0.250. The van der Waals surface area contributed by atoms with Gasteiger partial charge in [-0.1, -0.05) is 18.2 Å². The summed E-state index contributed by atoms with van der Waals surface area (Å²) in [4.78, 5) is 33.9. The van der Waals surface area contributed by atoms with E-state index in [-0.39, 0.29) is 24.5 Å². The molecule has 6 nitrogen and oxygen atoms in total. The Balaban J connectivity index is 1.59. The molecule has 3 heterocycles. The van der Waals surface area contributed by atoms with E-state index in [1.807, 2.05) is 36.4 Å².